The van der Waals surface area contributed by atoms with Crippen LogP contribution < -0.4 is 9.47 Å². The van der Waals surface area contributed by atoms with Crippen LogP contribution in [0.25, 0.3) is 6.08 Å². The maximum atomic E-state index is 12.3. The third kappa shape index (κ3) is 3.90. The molecule has 0 saturated heterocycles. The summed E-state index contributed by atoms with van der Waals surface area (Å²) < 4.78 is 34.8. The van der Waals surface area contributed by atoms with Crippen molar-refractivity contribution in [2.75, 3.05) is 14.2 Å². The lowest BCUT2D eigenvalue weighted by atomic mass is 10.2. The van der Waals surface area contributed by atoms with Crippen LogP contribution in [0.5, 0.6) is 11.5 Å². The van der Waals surface area contributed by atoms with Crippen LogP contribution in [0, 0.1) is 10.1 Å². The molecule has 0 aliphatic rings. The van der Waals surface area contributed by atoms with Gasteiger partial charge in [-0.15, -0.1) is 0 Å². The van der Waals surface area contributed by atoms with Gasteiger partial charge in [0.15, 0.2) is 21.3 Å². The summed E-state index contributed by atoms with van der Waals surface area (Å²) in [5.41, 5.74) is 0.441. The van der Waals surface area contributed by atoms with E-state index < -0.39 is 14.8 Å². The van der Waals surface area contributed by atoms with Gasteiger partial charge in [-0.25, -0.2) is 8.42 Å². The second kappa shape index (κ2) is 7.14. The highest BCUT2D eigenvalue weighted by molar-refractivity contribution is 7.94. The normalized spacial score (nSPS) is 11.4. The van der Waals surface area contributed by atoms with Gasteiger partial charge in [0.1, 0.15) is 0 Å². The Balaban J connectivity index is 2.28. The fraction of sp³-hybridized carbons (Fsp3) is 0.125. The number of benzene rings is 2. The van der Waals surface area contributed by atoms with E-state index in [0.29, 0.717) is 17.1 Å². The van der Waals surface area contributed by atoms with Crippen molar-refractivity contribution in [2.45, 2.75) is 4.90 Å². The minimum atomic E-state index is -3.71. The Morgan fingerprint density at radius 2 is 1.62 bits per heavy atom. The van der Waals surface area contributed by atoms with Crippen molar-refractivity contribution in [3.05, 3.63) is 63.6 Å². The van der Waals surface area contributed by atoms with E-state index in [2.05, 4.69) is 0 Å². The van der Waals surface area contributed by atoms with Crippen molar-refractivity contribution < 1.29 is 22.8 Å². The molecule has 7 nitrogen and oxygen atoms in total. The van der Waals surface area contributed by atoms with Gasteiger partial charge in [0, 0.05) is 17.5 Å². The van der Waals surface area contributed by atoms with Gasteiger partial charge in [-0.05, 0) is 35.9 Å². The molecule has 126 valence electrons. The molecule has 0 unspecified atom stereocenters. The molecule has 0 N–H and O–H groups in total. The fourth-order valence-electron chi connectivity index (χ4n) is 1.96. The Labute approximate surface area is 139 Å². The lowest BCUT2D eigenvalue weighted by molar-refractivity contribution is -0.384. The average molecular weight is 349 g/mol. The number of ether oxygens (including phenoxy) is 2. The topological polar surface area (TPSA) is 95.7 Å². The van der Waals surface area contributed by atoms with E-state index in [9.17, 15) is 18.5 Å². The van der Waals surface area contributed by atoms with Crippen molar-refractivity contribution >= 4 is 21.6 Å². The van der Waals surface area contributed by atoms with Crippen LogP contribution in [-0.4, -0.2) is 27.6 Å². The summed E-state index contributed by atoms with van der Waals surface area (Å²) in [5, 5.41) is 11.6. The molecule has 0 aliphatic carbocycles. The molecule has 24 heavy (non-hydrogen) atoms. The van der Waals surface area contributed by atoms with Gasteiger partial charge in [0.2, 0.25) is 0 Å². The number of hydrogen-bond acceptors (Lipinski definition) is 6. The molecule has 2 aromatic carbocycles. The van der Waals surface area contributed by atoms with Gasteiger partial charge < -0.3 is 9.47 Å². The Morgan fingerprint density at radius 1 is 1.00 bits per heavy atom. The second-order valence-corrected chi connectivity index (χ2v) is 6.55. The van der Waals surface area contributed by atoms with Gasteiger partial charge in [-0.2, -0.15) is 0 Å². The number of nitro benzene ring substituents is 1. The van der Waals surface area contributed by atoms with E-state index in [1.54, 1.807) is 18.2 Å². The van der Waals surface area contributed by atoms with E-state index in [1.807, 2.05) is 0 Å². The van der Waals surface area contributed by atoms with E-state index in [-0.39, 0.29) is 10.6 Å². The highest BCUT2D eigenvalue weighted by Gasteiger charge is 2.13. The Bertz CT molecular complexity index is 872. The Morgan fingerprint density at radius 3 is 2.17 bits per heavy atom. The number of methoxy groups -OCH3 is 2. The molecular formula is C16H15NO6S. The van der Waals surface area contributed by atoms with Gasteiger partial charge in [-0.3, -0.25) is 10.1 Å². The van der Waals surface area contributed by atoms with Crippen LogP contribution in [0.3, 0.4) is 0 Å². The molecule has 0 saturated carbocycles. The summed E-state index contributed by atoms with van der Waals surface area (Å²) >= 11 is 0. The third-order valence-corrected chi connectivity index (χ3v) is 4.65. The minimum Gasteiger partial charge on any atom is -0.493 e. The molecule has 0 atom stereocenters. The maximum Gasteiger partial charge on any atom is 0.269 e. The highest BCUT2D eigenvalue weighted by Crippen LogP contribution is 2.28. The van der Waals surface area contributed by atoms with Crippen LogP contribution >= 0.6 is 0 Å². The molecule has 0 heterocycles. The molecule has 0 spiro atoms. The molecule has 2 rings (SSSR count). The largest absolute Gasteiger partial charge is 0.493 e. The zero-order valence-corrected chi connectivity index (χ0v) is 13.8. The van der Waals surface area contributed by atoms with Crippen molar-refractivity contribution in [3.8, 4) is 11.5 Å². The molecule has 0 bridgehead atoms. The van der Waals surface area contributed by atoms with E-state index in [4.69, 9.17) is 9.47 Å². The molecule has 0 fully saturated rings. The SMILES string of the molecule is COc1ccc(/C=C/S(=O)(=O)c2ccc([N+](=O)[O-])cc2)cc1OC. The first-order valence-corrected chi connectivity index (χ1v) is 8.31. The molecule has 0 aromatic heterocycles. The van der Waals surface area contributed by atoms with E-state index >= 15 is 0 Å². The average Bonchev–Trinajstić information content (AvgIpc) is 2.59. The first-order chi connectivity index (χ1) is 11.4. The highest BCUT2D eigenvalue weighted by atomic mass is 32.2. The summed E-state index contributed by atoms with van der Waals surface area (Å²) in [4.78, 5) is 9.99. The summed E-state index contributed by atoms with van der Waals surface area (Å²) in [6, 6.07) is 9.69. The smallest absolute Gasteiger partial charge is 0.269 e. The van der Waals surface area contributed by atoms with Gasteiger partial charge in [0.05, 0.1) is 24.0 Å². The lowest BCUT2D eigenvalue weighted by Crippen LogP contribution is -1.97. The van der Waals surface area contributed by atoms with Crippen LogP contribution in [0.15, 0.2) is 52.8 Å². The van der Waals surface area contributed by atoms with Gasteiger partial charge in [0.25, 0.3) is 5.69 Å². The van der Waals surface area contributed by atoms with E-state index in [0.717, 1.165) is 17.5 Å². The van der Waals surface area contributed by atoms with Gasteiger partial charge >= 0.3 is 0 Å². The fourth-order valence-corrected chi connectivity index (χ4v) is 2.97. The quantitative estimate of drug-likeness (QED) is 0.587. The third-order valence-electron chi connectivity index (χ3n) is 3.22. The van der Waals surface area contributed by atoms with Crippen molar-refractivity contribution in [1.82, 2.24) is 0 Å². The predicted molar refractivity (Wildman–Crippen MR) is 88.9 cm³/mol. The van der Waals surface area contributed by atoms with Crippen molar-refractivity contribution in [2.24, 2.45) is 0 Å². The van der Waals surface area contributed by atoms with Crippen LogP contribution in [0.4, 0.5) is 5.69 Å². The minimum absolute atomic E-state index is 0.0233. The molecule has 0 aliphatic heterocycles. The van der Waals surface area contributed by atoms with E-state index in [1.165, 1.54) is 32.4 Å². The predicted octanol–water partition coefficient (Wildman–Crippen LogP) is 3.06. The summed E-state index contributed by atoms with van der Waals surface area (Å²) in [7, 11) is -0.720. The number of nitrogens with zero attached hydrogens (tertiary/aromatic N) is 1. The number of rotatable bonds is 6. The second-order valence-electron chi connectivity index (χ2n) is 4.71. The number of sulfone groups is 1. The monoisotopic (exact) mass is 349 g/mol. The first kappa shape index (κ1) is 17.5. The standard InChI is InChI=1S/C16H15NO6S/c1-22-15-8-3-12(11-16(15)23-2)9-10-24(20,21)14-6-4-13(5-7-14)17(18)19/h3-11H,1-2H3/b10-9+. The molecule has 8 heteroatoms. The lowest BCUT2D eigenvalue weighted by Gasteiger charge is -2.07. The number of nitro groups is 1. The number of non-ortho nitro benzene ring substituents is 1. The summed E-state index contributed by atoms with van der Waals surface area (Å²) in [6.07, 6.45) is 1.42. The maximum absolute atomic E-state index is 12.3. The zero-order valence-electron chi connectivity index (χ0n) is 13.0. The number of hydrogen-bond donors (Lipinski definition) is 0. The van der Waals surface area contributed by atoms with Crippen LogP contribution in [0.1, 0.15) is 5.56 Å². The molecular weight excluding hydrogens is 334 g/mol. The molecule has 0 radical (unpaired) electrons. The van der Waals surface area contributed by atoms with Gasteiger partial charge in [-0.1, -0.05) is 6.07 Å². The first-order valence-electron chi connectivity index (χ1n) is 6.77. The molecule has 0 amide bonds. The molecule has 2 aromatic rings. The summed E-state index contributed by atoms with van der Waals surface area (Å²) in [6.45, 7) is 0. The van der Waals surface area contributed by atoms with Crippen LogP contribution in [0.2, 0.25) is 0 Å². The Kier molecular flexibility index (Phi) is 5.20. The Hall–Kier alpha value is -2.87. The van der Waals surface area contributed by atoms with Crippen LogP contribution in [-0.2, 0) is 9.84 Å². The van der Waals surface area contributed by atoms with Crippen molar-refractivity contribution in [3.63, 3.8) is 0 Å². The zero-order chi connectivity index (χ0) is 17.7. The van der Waals surface area contributed by atoms with Crippen molar-refractivity contribution in [1.29, 1.82) is 0 Å². The summed E-state index contributed by atoms with van der Waals surface area (Å²) in [5.74, 6) is 1.01.